The van der Waals surface area contributed by atoms with Gasteiger partial charge < -0.3 is 35.0 Å². The molecule has 222 valence electrons. The lowest BCUT2D eigenvalue weighted by molar-refractivity contribution is -0.128. The highest BCUT2D eigenvalue weighted by Gasteiger charge is 2.48. The summed E-state index contributed by atoms with van der Waals surface area (Å²) in [5, 5.41) is 21.9. The van der Waals surface area contributed by atoms with Gasteiger partial charge in [0.25, 0.3) is 0 Å². The number of rotatable bonds is 8. The average Bonchev–Trinajstić information content (AvgIpc) is 3.77. The number of fused-ring (bicyclic) bond motifs is 2. The minimum absolute atomic E-state index is 0.0771. The predicted molar refractivity (Wildman–Crippen MR) is 159 cm³/mol. The van der Waals surface area contributed by atoms with Crippen LogP contribution in [-0.4, -0.2) is 76.4 Å². The second-order valence-electron chi connectivity index (χ2n) is 11.2. The first-order valence-corrected chi connectivity index (χ1v) is 14.3. The Kier molecular flexibility index (Phi) is 7.39. The van der Waals surface area contributed by atoms with E-state index in [4.69, 9.17) is 25.2 Å². The van der Waals surface area contributed by atoms with Crippen LogP contribution in [0.3, 0.4) is 0 Å². The summed E-state index contributed by atoms with van der Waals surface area (Å²) in [6.45, 7) is 6.17. The first kappa shape index (κ1) is 28.1. The maximum atomic E-state index is 12.5. The first-order valence-electron chi connectivity index (χ1n) is 14.3. The molecule has 0 spiro atoms. The smallest absolute Gasteiger partial charge is 0.405 e. The summed E-state index contributed by atoms with van der Waals surface area (Å²) in [7, 11) is 0. The van der Waals surface area contributed by atoms with Gasteiger partial charge >= 0.3 is 12.1 Å². The van der Waals surface area contributed by atoms with Crippen molar-refractivity contribution in [3.8, 4) is 17.8 Å². The fraction of sp³-hybridized carbons (Fsp3) is 0.387. The molecule has 0 radical (unpaired) electrons. The van der Waals surface area contributed by atoms with Crippen LogP contribution >= 0.6 is 0 Å². The highest BCUT2D eigenvalue weighted by Crippen LogP contribution is 2.41. The zero-order valence-electron chi connectivity index (χ0n) is 23.7. The Morgan fingerprint density at radius 1 is 1.19 bits per heavy atom. The van der Waals surface area contributed by atoms with Crippen LogP contribution in [0.15, 0.2) is 49.1 Å². The number of anilines is 2. The maximum absolute atomic E-state index is 12.5. The highest BCUT2D eigenvalue weighted by atomic mass is 16.6. The van der Waals surface area contributed by atoms with Gasteiger partial charge in [-0.2, -0.15) is 15.2 Å². The van der Waals surface area contributed by atoms with Crippen LogP contribution in [-0.2, 0) is 22.5 Å². The predicted octanol–water partition coefficient (Wildman–Crippen LogP) is 3.02. The molecule has 12 heteroatoms. The van der Waals surface area contributed by atoms with Gasteiger partial charge in [-0.25, -0.2) is 4.79 Å². The number of aromatic nitrogens is 2. The fourth-order valence-corrected chi connectivity index (χ4v) is 6.02. The van der Waals surface area contributed by atoms with Gasteiger partial charge in [-0.3, -0.25) is 4.79 Å². The molecule has 1 saturated heterocycles. The molecule has 0 unspecified atom stereocenters. The average molecular weight is 584 g/mol. The van der Waals surface area contributed by atoms with Crippen LogP contribution in [0.1, 0.15) is 30.5 Å². The van der Waals surface area contributed by atoms with Gasteiger partial charge in [-0.05, 0) is 36.8 Å². The van der Waals surface area contributed by atoms with E-state index in [0.717, 1.165) is 27.7 Å². The number of nitrogens with two attached hydrogens (primary N) is 1. The number of primary amides is 1. The largest absolute Gasteiger partial charge is 0.508 e. The summed E-state index contributed by atoms with van der Waals surface area (Å²) < 4.78 is 11.3. The van der Waals surface area contributed by atoms with Crippen LogP contribution in [0.2, 0.25) is 0 Å². The van der Waals surface area contributed by atoms with Crippen molar-refractivity contribution in [3.63, 3.8) is 0 Å². The third kappa shape index (κ3) is 5.70. The molecule has 3 aromatic rings. The second kappa shape index (κ2) is 11.3. The molecule has 2 fully saturated rings. The van der Waals surface area contributed by atoms with E-state index < -0.39 is 11.7 Å². The molecule has 2 amide bonds. The normalized spacial score (nSPS) is 18.9. The molecule has 43 heavy (non-hydrogen) atoms. The molecule has 3 heterocycles. The van der Waals surface area contributed by atoms with Gasteiger partial charge in [0.2, 0.25) is 5.91 Å². The van der Waals surface area contributed by atoms with Gasteiger partial charge in [-0.1, -0.05) is 30.8 Å². The topological polar surface area (TPSA) is 158 Å². The first-order chi connectivity index (χ1) is 20.8. The zero-order valence-corrected chi connectivity index (χ0v) is 23.7. The summed E-state index contributed by atoms with van der Waals surface area (Å²) in [6, 6.07) is 13.5. The monoisotopic (exact) mass is 583 g/mol. The van der Waals surface area contributed by atoms with Crippen molar-refractivity contribution in [2.45, 2.75) is 43.9 Å². The lowest BCUT2D eigenvalue weighted by Crippen LogP contribution is -2.55. The molecule has 1 saturated carbocycles. The number of amides is 2. The summed E-state index contributed by atoms with van der Waals surface area (Å²) in [5.41, 5.74) is 7.15. The van der Waals surface area contributed by atoms with Gasteiger partial charge in [0, 0.05) is 48.9 Å². The van der Waals surface area contributed by atoms with Gasteiger partial charge in [-0.15, -0.1) is 0 Å². The van der Waals surface area contributed by atoms with Gasteiger partial charge in [0.05, 0.1) is 30.8 Å². The van der Waals surface area contributed by atoms with Crippen LogP contribution in [0.25, 0.3) is 10.8 Å². The SMILES string of the molecule is C=CC(=O)N1CCN(c2nc(OCC3(OC(N)=O)CC3)nc3c2CCN(c2cc(O)cc4ccccc24)C3)C[C@@H]1CC#N. The quantitative estimate of drug-likeness (QED) is 0.378. The van der Waals surface area contributed by atoms with E-state index in [2.05, 4.69) is 22.4 Å². The molecule has 2 aromatic carbocycles. The van der Waals surface area contributed by atoms with E-state index in [0.29, 0.717) is 57.8 Å². The van der Waals surface area contributed by atoms with Gasteiger partial charge in [0.1, 0.15) is 23.8 Å². The summed E-state index contributed by atoms with van der Waals surface area (Å²) in [4.78, 5) is 39.5. The number of carbonyl (C=O) groups excluding carboxylic acids is 2. The van der Waals surface area contributed by atoms with Gasteiger partial charge in [0.15, 0.2) is 0 Å². The molecule has 1 aromatic heterocycles. The Balaban J connectivity index is 1.34. The Labute approximate surface area is 248 Å². The van der Waals surface area contributed by atoms with Crippen molar-refractivity contribution in [1.82, 2.24) is 14.9 Å². The van der Waals surface area contributed by atoms with E-state index in [1.165, 1.54) is 6.08 Å². The van der Waals surface area contributed by atoms with Crippen molar-refractivity contribution in [3.05, 3.63) is 60.3 Å². The Bertz CT molecular complexity index is 1630. The molecule has 3 aliphatic rings. The van der Waals surface area contributed by atoms with E-state index in [1.807, 2.05) is 24.3 Å². The maximum Gasteiger partial charge on any atom is 0.405 e. The Morgan fingerprint density at radius 2 is 2.00 bits per heavy atom. The number of phenols is 1. The van der Waals surface area contributed by atoms with Crippen molar-refractivity contribution in [1.29, 1.82) is 5.26 Å². The van der Waals surface area contributed by atoms with Crippen molar-refractivity contribution in [2.75, 3.05) is 42.6 Å². The lowest BCUT2D eigenvalue weighted by atomic mass is 10.0. The third-order valence-electron chi connectivity index (χ3n) is 8.34. The molecule has 1 aliphatic carbocycles. The number of piperazine rings is 1. The molecule has 6 rings (SSSR count). The van der Waals surface area contributed by atoms with Crippen molar-refractivity contribution >= 4 is 34.3 Å². The van der Waals surface area contributed by atoms with Crippen LogP contribution in [0.4, 0.5) is 16.3 Å². The number of ether oxygens (including phenoxy) is 2. The number of nitrogens with zero attached hydrogens (tertiary/aromatic N) is 6. The van der Waals surface area contributed by atoms with E-state index in [9.17, 15) is 20.0 Å². The Hall–Kier alpha value is -5.05. The third-order valence-corrected chi connectivity index (χ3v) is 8.34. The lowest BCUT2D eigenvalue weighted by Gasteiger charge is -2.42. The molecule has 12 nitrogen and oxygen atoms in total. The van der Waals surface area contributed by atoms with Crippen LogP contribution in [0.5, 0.6) is 11.8 Å². The Morgan fingerprint density at radius 3 is 2.74 bits per heavy atom. The molecule has 3 N–H and O–H groups in total. The number of phenolic OH excluding ortho intramolecular Hbond substituents is 1. The molecule has 1 atom stereocenters. The molecule has 2 aliphatic heterocycles. The highest BCUT2D eigenvalue weighted by molar-refractivity contribution is 5.95. The van der Waals surface area contributed by atoms with Crippen molar-refractivity contribution < 1.29 is 24.2 Å². The molecular formula is C31H33N7O5. The number of benzene rings is 2. The second-order valence-corrected chi connectivity index (χ2v) is 11.2. The van der Waals surface area contributed by atoms with Crippen molar-refractivity contribution in [2.24, 2.45) is 5.73 Å². The molecule has 0 bridgehead atoms. The standard InChI is InChI=1S/C31H33N7O5/c1-2-27(40)38-14-13-37(17-21(38)7-11-32)28-24-8-12-36(26-16-22(39)15-20-5-3-4-6-23(20)26)18-25(24)34-30(35-28)42-19-31(9-10-31)43-29(33)41/h2-6,15-16,21,39H,1,7-10,12-14,17-19H2,(H2,33,41)/t21-/m0/s1. The number of hydrogen-bond acceptors (Lipinski definition) is 10. The number of hydrogen-bond donors (Lipinski definition) is 2. The number of aromatic hydroxyl groups is 1. The van der Waals surface area contributed by atoms with Crippen LogP contribution in [0, 0.1) is 11.3 Å². The van der Waals surface area contributed by atoms with E-state index >= 15 is 0 Å². The summed E-state index contributed by atoms with van der Waals surface area (Å²) in [5.74, 6) is 0.688. The minimum atomic E-state index is -0.849. The summed E-state index contributed by atoms with van der Waals surface area (Å²) in [6.07, 6.45) is 2.52. The van der Waals surface area contributed by atoms with E-state index in [1.54, 1.807) is 17.0 Å². The van der Waals surface area contributed by atoms with Crippen LogP contribution < -0.4 is 20.3 Å². The summed E-state index contributed by atoms with van der Waals surface area (Å²) >= 11 is 0. The number of carbonyl (C=O) groups is 2. The molecular weight excluding hydrogens is 550 g/mol. The van der Waals surface area contributed by atoms with E-state index in [-0.39, 0.29) is 36.7 Å². The number of nitriles is 1. The fourth-order valence-electron chi connectivity index (χ4n) is 6.02. The zero-order chi connectivity index (χ0) is 30.1. The minimum Gasteiger partial charge on any atom is -0.508 e.